The zero-order chi connectivity index (χ0) is 13.8. The first kappa shape index (κ1) is 14.4. The number of carbonyl (C=O) groups excluding carboxylic acids is 1. The van der Waals surface area contributed by atoms with Gasteiger partial charge in [-0.05, 0) is 44.2 Å². The van der Waals surface area contributed by atoms with Crippen molar-refractivity contribution >= 4 is 22.2 Å². The molecule has 2 heterocycles. The van der Waals surface area contributed by atoms with Crippen LogP contribution in [0, 0.1) is 0 Å². The highest BCUT2D eigenvalue weighted by atomic mass is 32.1. The van der Waals surface area contributed by atoms with Gasteiger partial charge < -0.3 is 10.2 Å². The molecule has 1 atom stereocenters. The molecule has 1 aliphatic heterocycles. The van der Waals surface area contributed by atoms with Crippen LogP contribution in [-0.2, 0) is 6.42 Å². The average Bonchev–Trinajstić information content (AvgIpc) is 2.72. The van der Waals surface area contributed by atoms with Crippen molar-refractivity contribution < 1.29 is 4.79 Å². The van der Waals surface area contributed by atoms with E-state index in [4.69, 9.17) is 0 Å². The van der Waals surface area contributed by atoms with E-state index >= 15 is 0 Å². The molecule has 2 rings (SSSR count). The molecule has 1 aliphatic rings. The summed E-state index contributed by atoms with van der Waals surface area (Å²) >= 11 is 1.64. The Kier molecular flexibility index (Phi) is 4.86. The van der Waals surface area contributed by atoms with Crippen LogP contribution in [-0.4, -0.2) is 25.5 Å². The highest BCUT2D eigenvalue weighted by molar-refractivity contribution is 7.18. The first-order valence-corrected chi connectivity index (χ1v) is 8.08. The Morgan fingerprint density at radius 3 is 3.05 bits per heavy atom. The number of nitrogens with zero attached hydrogens (tertiary/aromatic N) is 1. The van der Waals surface area contributed by atoms with Gasteiger partial charge in [0.15, 0.2) is 0 Å². The molecule has 4 heteroatoms. The second kappa shape index (κ2) is 6.42. The summed E-state index contributed by atoms with van der Waals surface area (Å²) in [6, 6.07) is 2.35. The van der Waals surface area contributed by atoms with E-state index in [2.05, 4.69) is 37.2 Å². The lowest BCUT2D eigenvalue weighted by Crippen LogP contribution is -2.31. The quantitative estimate of drug-likeness (QED) is 0.916. The van der Waals surface area contributed by atoms with E-state index < -0.39 is 0 Å². The van der Waals surface area contributed by atoms with Crippen molar-refractivity contribution in [3.63, 3.8) is 0 Å². The summed E-state index contributed by atoms with van der Waals surface area (Å²) in [6.07, 6.45) is 5.71. The van der Waals surface area contributed by atoms with Crippen molar-refractivity contribution in [2.45, 2.75) is 52.0 Å². The Hall–Kier alpha value is -1.03. The maximum absolute atomic E-state index is 12.2. The molecule has 1 aromatic heterocycles. The van der Waals surface area contributed by atoms with Gasteiger partial charge in [-0.15, -0.1) is 11.3 Å². The lowest BCUT2D eigenvalue weighted by Gasteiger charge is -2.15. The molecule has 0 saturated heterocycles. The van der Waals surface area contributed by atoms with Crippen LogP contribution >= 0.6 is 11.3 Å². The van der Waals surface area contributed by atoms with Gasteiger partial charge in [-0.1, -0.05) is 13.3 Å². The molecule has 0 bridgehead atoms. The van der Waals surface area contributed by atoms with Gasteiger partial charge in [0.2, 0.25) is 0 Å². The molecule has 3 nitrogen and oxygen atoms in total. The van der Waals surface area contributed by atoms with Gasteiger partial charge in [-0.2, -0.15) is 0 Å². The molecule has 1 unspecified atom stereocenters. The minimum absolute atomic E-state index is 0.0902. The number of hydrogen-bond acceptors (Lipinski definition) is 3. The Bertz CT molecular complexity index is 441. The predicted molar refractivity (Wildman–Crippen MR) is 82.4 cm³/mol. The maximum Gasteiger partial charge on any atom is 0.261 e. The number of fused-ring (bicyclic) bond motifs is 1. The molecule has 0 spiro atoms. The molecule has 1 N–H and O–H groups in total. The van der Waals surface area contributed by atoms with E-state index in [9.17, 15) is 4.79 Å². The predicted octanol–water partition coefficient (Wildman–Crippen LogP) is 3.44. The van der Waals surface area contributed by atoms with Gasteiger partial charge in [-0.3, -0.25) is 4.79 Å². The normalized spacial score (nSPS) is 16.7. The summed E-state index contributed by atoms with van der Waals surface area (Å²) in [5.74, 6) is 0.0902. The lowest BCUT2D eigenvalue weighted by atomic mass is 10.1. The Morgan fingerprint density at radius 1 is 1.53 bits per heavy atom. The van der Waals surface area contributed by atoms with E-state index in [1.54, 1.807) is 11.3 Å². The minimum Gasteiger partial charge on any atom is -0.366 e. The number of thiophene rings is 1. The summed E-state index contributed by atoms with van der Waals surface area (Å²) in [6.45, 7) is 5.32. The number of aryl methyl sites for hydroxylation is 1. The van der Waals surface area contributed by atoms with Gasteiger partial charge in [-0.25, -0.2) is 0 Å². The van der Waals surface area contributed by atoms with Crippen molar-refractivity contribution in [3.8, 4) is 0 Å². The number of rotatable bonds is 4. The number of carbonyl (C=O) groups is 1. The first-order chi connectivity index (χ1) is 9.11. The largest absolute Gasteiger partial charge is 0.366 e. The third-order valence-corrected chi connectivity index (χ3v) is 4.94. The molecular formula is C15H24N2OS. The molecule has 0 fully saturated rings. The fraction of sp³-hybridized carbons (Fsp3) is 0.667. The van der Waals surface area contributed by atoms with Crippen LogP contribution in [0.15, 0.2) is 6.07 Å². The fourth-order valence-electron chi connectivity index (χ4n) is 2.60. The minimum atomic E-state index is 0.0902. The number of nitrogens with one attached hydrogen (secondary N) is 1. The third-order valence-electron chi connectivity index (χ3n) is 3.65. The average molecular weight is 280 g/mol. The van der Waals surface area contributed by atoms with Crippen LogP contribution in [0.3, 0.4) is 0 Å². The van der Waals surface area contributed by atoms with Crippen LogP contribution < -0.4 is 10.2 Å². The molecule has 1 amide bonds. The van der Waals surface area contributed by atoms with Gasteiger partial charge in [0.25, 0.3) is 5.91 Å². The summed E-state index contributed by atoms with van der Waals surface area (Å²) in [5, 5.41) is 4.37. The number of hydrogen-bond donors (Lipinski definition) is 1. The number of amides is 1. The van der Waals surface area contributed by atoms with Gasteiger partial charge in [0.05, 0.1) is 9.88 Å². The van der Waals surface area contributed by atoms with Crippen molar-refractivity contribution in [2.75, 3.05) is 18.5 Å². The van der Waals surface area contributed by atoms with E-state index in [0.29, 0.717) is 0 Å². The zero-order valence-corrected chi connectivity index (χ0v) is 13.0. The molecule has 106 valence electrons. The van der Waals surface area contributed by atoms with Gasteiger partial charge >= 0.3 is 0 Å². The van der Waals surface area contributed by atoms with E-state index in [1.165, 1.54) is 23.4 Å². The second-order valence-corrected chi connectivity index (χ2v) is 6.51. The fourth-order valence-corrected chi connectivity index (χ4v) is 3.70. The molecule has 1 aromatic rings. The van der Waals surface area contributed by atoms with Gasteiger partial charge in [0, 0.05) is 19.6 Å². The topological polar surface area (TPSA) is 32.3 Å². The molecule has 19 heavy (non-hydrogen) atoms. The van der Waals surface area contributed by atoms with E-state index in [-0.39, 0.29) is 11.9 Å². The van der Waals surface area contributed by atoms with Crippen molar-refractivity contribution in [1.82, 2.24) is 5.32 Å². The zero-order valence-electron chi connectivity index (χ0n) is 12.2. The Morgan fingerprint density at radius 2 is 2.32 bits per heavy atom. The van der Waals surface area contributed by atoms with E-state index in [0.717, 1.165) is 30.7 Å². The SMILES string of the molecule is CCCC(C)NC(=O)c1cc2c(s1)N(C)CCCC2. The standard InChI is InChI=1S/C15H24N2OS/c1-4-7-11(2)16-14(18)13-10-12-8-5-6-9-17(3)15(12)19-13/h10-11H,4-9H2,1-3H3,(H,16,18). The first-order valence-electron chi connectivity index (χ1n) is 7.26. The molecule has 0 aromatic carbocycles. The van der Waals surface area contributed by atoms with Gasteiger partial charge in [0.1, 0.15) is 0 Å². The molecule has 0 radical (unpaired) electrons. The van der Waals surface area contributed by atoms with Crippen molar-refractivity contribution in [3.05, 3.63) is 16.5 Å². The van der Waals surface area contributed by atoms with Crippen LogP contribution in [0.2, 0.25) is 0 Å². The van der Waals surface area contributed by atoms with Crippen LogP contribution in [0.5, 0.6) is 0 Å². The molecular weight excluding hydrogens is 256 g/mol. The Balaban J connectivity index is 2.09. The van der Waals surface area contributed by atoms with Crippen LogP contribution in [0.4, 0.5) is 5.00 Å². The summed E-state index contributed by atoms with van der Waals surface area (Å²) in [5.41, 5.74) is 1.35. The maximum atomic E-state index is 12.2. The summed E-state index contributed by atoms with van der Waals surface area (Å²) < 4.78 is 0. The lowest BCUT2D eigenvalue weighted by molar-refractivity contribution is 0.0942. The monoisotopic (exact) mass is 280 g/mol. The third kappa shape index (κ3) is 3.50. The van der Waals surface area contributed by atoms with Crippen molar-refractivity contribution in [2.24, 2.45) is 0 Å². The smallest absolute Gasteiger partial charge is 0.261 e. The summed E-state index contributed by atoms with van der Waals surface area (Å²) in [4.78, 5) is 15.4. The highest BCUT2D eigenvalue weighted by Gasteiger charge is 2.19. The van der Waals surface area contributed by atoms with Crippen molar-refractivity contribution in [1.29, 1.82) is 0 Å². The molecule has 0 saturated carbocycles. The number of anilines is 1. The van der Waals surface area contributed by atoms with Crippen LogP contribution in [0.1, 0.15) is 54.8 Å². The second-order valence-electron chi connectivity index (χ2n) is 5.48. The summed E-state index contributed by atoms with van der Waals surface area (Å²) in [7, 11) is 2.13. The van der Waals surface area contributed by atoms with Crippen LogP contribution in [0.25, 0.3) is 0 Å². The molecule has 0 aliphatic carbocycles. The Labute approximate surface area is 120 Å². The highest BCUT2D eigenvalue weighted by Crippen LogP contribution is 2.34. The van der Waals surface area contributed by atoms with E-state index in [1.807, 2.05) is 0 Å².